The predicted molar refractivity (Wildman–Crippen MR) is 90.0 cm³/mol. The number of nitrogens with one attached hydrogen (secondary N) is 2. The van der Waals surface area contributed by atoms with E-state index in [1.54, 1.807) is 36.4 Å². The number of rotatable bonds is 6. The molecule has 2 N–H and O–H groups in total. The van der Waals surface area contributed by atoms with E-state index in [2.05, 4.69) is 10.0 Å². The van der Waals surface area contributed by atoms with Gasteiger partial charge in [0.25, 0.3) is 0 Å². The van der Waals surface area contributed by atoms with Gasteiger partial charge in [-0.3, -0.25) is 4.79 Å². The average Bonchev–Trinajstić information content (AvgIpc) is 2.53. The Kier molecular flexibility index (Phi) is 5.57. The molecule has 0 spiro atoms. The van der Waals surface area contributed by atoms with Crippen molar-refractivity contribution in [3.8, 4) is 0 Å². The van der Waals surface area contributed by atoms with Crippen LogP contribution in [-0.2, 0) is 21.4 Å². The minimum absolute atomic E-state index is 0.134. The van der Waals surface area contributed by atoms with E-state index in [1.807, 2.05) is 6.92 Å². The van der Waals surface area contributed by atoms with Crippen molar-refractivity contribution in [3.05, 3.63) is 59.7 Å². The van der Waals surface area contributed by atoms with Crippen LogP contribution >= 0.6 is 0 Å². The number of carbonyl (C=O) groups excluding carboxylic acids is 1. The van der Waals surface area contributed by atoms with Gasteiger partial charge in [-0.25, -0.2) is 13.1 Å². The molecule has 7 heteroatoms. The normalized spacial score (nSPS) is 11.2. The minimum atomic E-state index is -3.69. The standard InChI is InChI=1S/C16H17BN2O3S/c1-12-2-8-15(9-3-12)23(21,22)19-11-16(20)18-10-13-4-6-14(17)7-5-13/h2-9,19H,10-11H2,1H3,(H,18,20). The molecular weight excluding hydrogens is 311 g/mol. The molecule has 0 aliphatic rings. The van der Waals surface area contributed by atoms with E-state index in [-0.39, 0.29) is 11.4 Å². The molecule has 0 atom stereocenters. The van der Waals surface area contributed by atoms with Crippen molar-refractivity contribution in [2.75, 3.05) is 6.54 Å². The molecule has 1 amide bonds. The first-order valence-corrected chi connectivity index (χ1v) is 8.52. The van der Waals surface area contributed by atoms with Gasteiger partial charge in [-0.15, -0.1) is 0 Å². The van der Waals surface area contributed by atoms with Crippen LogP contribution in [0.4, 0.5) is 0 Å². The number of aryl methyl sites for hydroxylation is 1. The summed E-state index contributed by atoms with van der Waals surface area (Å²) in [5.41, 5.74) is 2.49. The van der Waals surface area contributed by atoms with Crippen LogP contribution in [0.25, 0.3) is 0 Å². The molecule has 0 fully saturated rings. The largest absolute Gasteiger partial charge is 0.351 e. The van der Waals surface area contributed by atoms with Crippen molar-refractivity contribution >= 4 is 29.2 Å². The smallest absolute Gasteiger partial charge is 0.241 e. The number of carbonyl (C=O) groups is 1. The Morgan fingerprint density at radius 1 is 1.04 bits per heavy atom. The van der Waals surface area contributed by atoms with Crippen LogP contribution in [0.15, 0.2) is 53.4 Å². The second-order valence-corrected chi connectivity index (χ2v) is 6.92. The number of sulfonamides is 1. The molecule has 0 aromatic heterocycles. The lowest BCUT2D eigenvalue weighted by Crippen LogP contribution is -2.36. The molecule has 2 rings (SSSR count). The first-order chi connectivity index (χ1) is 10.9. The number of amides is 1. The third kappa shape index (κ3) is 5.23. The van der Waals surface area contributed by atoms with E-state index in [0.717, 1.165) is 11.1 Å². The summed E-state index contributed by atoms with van der Waals surface area (Å²) in [4.78, 5) is 11.9. The van der Waals surface area contributed by atoms with Crippen molar-refractivity contribution in [3.63, 3.8) is 0 Å². The number of hydrogen-bond acceptors (Lipinski definition) is 3. The van der Waals surface area contributed by atoms with E-state index in [9.17, 15) is 13.2 Å². The van der Waals surface area contributed by atoms with Gasteiger partial charge in [0.05, 0.1) is 11.4 Å². The summed E-state index contributed by atoms with van der Waals surface area (Å²) in [6.45, 7) is 1.87. The molecule has 2 radical (unpaired) electrons. The molecule has 0 aliphatic heterocycles. The van der Waals surface area contributed by atoms with E-state index >= 15 is 0 Å². The molecule has 5 nitrogen and oxygen atoms in total. The van der Waals surface area contributed by atoms with Crippen LogP contribution < -0.4 is 15.5 Å². The third-order valence-electron chi connectivity index (χ3n) is 3.22. The molecule has 0 saturated heterocycles. The van der Waals surface area contributed by atoms with Crippen LogP contribution in [0.2, 0.25) is 0 Å². The van der Waals surface area contributed by atoms with Gasteiger partial charge in [-0.2, -0.15) is 0 Å². The maximum absolute atomic E-state index is 12.1. The Balaban J connectivity index is 1.86. The summed E-state index contributed by atoms with van der Waals surface area (Å²) in [6, 6.07) is 13.5. The van der Waals surface area contributed by atoms with Gasteiger partial charge in [0, 0.05) is 6.54 Å². The van der Waals surface area contributed by atoms with Crippen LogP contribution in [-0.4, -0.2) is 28.7 Å². The van der Waals surface area contributed by atoms with Crippen LogP contribution in [0.5, 0.6) is 0 Å². The summed E-state index contributed by atoms with van der Waals surface area (Å²) < 4.78 is 26.4. The maximum Gasteiger partial charge on any atom is 0.241 e. The van der Waals surface area contributed by atoms with Gasteiger partial charge in [-0.05, 0) is 24.6 Å². The minimum Gasteiger partial charge on any atom is -0.351 e. The lowest BCUT2D eigenvalue weighted by molar-refractivity contribution is -0.120. The highest BCUT2D eigenvalue weighted by Crippen LogP contribution is 2.09. The molecule has 0 aliphatic carbocycles. The van der Waals surface area contributed by atoms with Gasteiger partial charge in [0.2, 0.25) is 15.9 Å². The second kappa shape index (κ2) is 7.43. The fraction of sp³-hybridized carbons (Fsp3) is 0.188. The van der Waals surface area contributed by atoms with E-state index in [0.29, 0.717) is 12.0 Å². The zero-order chi connectivity index (χ0) is 16.9. The van der Waals surface area contributed by atoms with Crippen molar-refractivity contribution < 1.29 is 13.2 Å². The van der Waals surface area contributed by atoms with Gasteiger partial charge in [0.1, 0.15) is 7.85 Å². The Hall–Kier alpha value is -2.12. The highest BCUT2D eigenvalue weighted by molar-refractivity contribution is 7.89. The maximum atomic E-state index is 12.1. The fourth-order valence-electron chi connectivity index (χ4n) is 1.86. The zero-order valence-corrected chi connectivity index (χ0v) is 13.6. The molecule has 0 unspecified atom stereocenters. The summed E-state index contributed by atoms with van der Waals surface area (Å²) in [7, 11) is 1.89. The zero-order valence-electron chi connectivity index (χ0n) is 12.7. The molecule has 118 valence electrons. The highest BCUT2D eigenvalue weighted by atomic mass is 32.2. The van der Waals surface area contributed by atoms with Gasteiger partial charge >= 0.3 is 0 Å². The van der Waals surface area contributed by atoms with E-state index < -0.39 is 15.9 Å². The quantitative estimate of drug-likeness (QED) is 0.753. The van der Waals surface area contributed by atoms with Crippen molar-refractivity contribution in [1.82, 2.24) is 10.0 Å². The number of benzene rings is 2. The molecule has 0 bridgehead atoms. The Morgan fingerprint density at radius 2 is 1.65 bits per heavy atom. The van der Waals surface area contributed by atoms with Gasteiger partial charge < -0.3 is 5.32 Å². The Bertz CT molecular complexity index is 772. The van der Waals surface area contributed by atoms with E-state index in [1.165, 1.54) is 12.1 Å². The molecule has 2 aromatic carbocycles. The van der Waals surface area contributed by atoms with Gasteiger partial charge in [0.15, 0.2) is 0 Å². The molecule has 2 aromatic rings. The molecule has 0 saturated carbocycles. The van der Waals surface area contributed by atoms with Gasteiger partial charge in [-0.1, -0.05) is 47.4 Å². The van der Waals surface area contributed by atoms with Crippen LogP contribution in [0.1, 0.15) is 11.1 Å². The Labute approximate surface area is 137 Å². The lowest BCUT2D eigenvalue weighted by atomic mass is 9.95. The van der Waals surface area contributed by atoms with Crippen LogP contribution in [0.3, 0.4) is 0 Å². The fourth-order valence-corrected chi connectivity index (χ4v) is 2.84. The van der Waals surface area contributed by atoms with Crippen molar-refractivity contribution in [1.29, 1.82) is 0 Å². The average molecular weight is 328 g/mol. The van der Waals surface area contributed by atoms with Crippen molar-refractivity contribution in [2.45, 2.75) is 18.4 Å². The first kappa shape index (κ1) is 17.2. The van der Waals surface area contributed by atoms with E-state index in [4.69, 9.17) is 7.85 Å². The van der Waals surface area contributed by atoms with Crippen molar-refractivity contribution in [2.24, 2.45) is 0 Å². The number of hydrogen-bond donors (Lipinski definition) is 2. The second-order valence-electron chi connectivity index (χ2n) is 5.16. The summed E-state index contributed by atoms with van der Waals surface area (Å²) >= 11 is 0. The molecular formula is C16H17BN2O3S. The SMILES string of the molecule is [B]c1ccc(CNC(=O)CNS(=O)(=O)c2ccc(C)cc2)cc1. The topological polar surface area (TPSA) is 75.3 Å². The lowest BCUT2D eigenvalue weighted by Gasteiger charge is -2.08. The summed E-state index contributed by atoms with van der Waals surface area (Å²) in [5.74, 6) is -0.405. The molecule has 0 heterocycles. The highest BCUT2D eigenvalue weighted by Gasteiger charge is 2.14. The third-order valence-corrected chi connectivity index (χ3v) is 4.64. The first-order valence-electron chi connectivity index (χ1n) is 7.04. The summed E-state index contributed by atoms with van der Waals surface area (Å²) in [5, 5.41) is 2.64. The Morgan fingerprint density at radius 3 is 2.26 bits per heavy atom. The van der Waals surface area contributed by atoms with Crippen LogP contribution in [0, 0.1) is 6.92 Å². The summed E-state index contributed by atoms with van der Waals surface area (Å²) in [6.07, 6.45) is 0. The predicted octanol–water partition coefficient (Wildman–Crippen LogP) is 0.384. The monoisotopic (exact) mass is 328 g/mol. The molecule has 23 heavy (non-hydrogen) atoms.